The lowest BCUT2D eigenvalue weighted by molar-refractivity contribution is -0.118. The first-order valence-electron chi connectivity index (χ1n) is 8.28. The molecule has 2 amide bonds. The predicted molar refractivity (Wildman–Crippen MR) is 97.1 cm³/mol. The topological polar surface area (TPSA) is 40.6 Å². The highest BCUT2D eigenvalue weighted by Gasteiger charge is 2.32. The quantitative estimate of drug-likeness (QED) is 0.795. The number of ketones is 1. The Balaban J connectivity index is 2.55. The van der Waals surface area contributed by atoms with E-state index < -0.39 is 6.04 Å². The molecule has 0 bridgehead atoms. The minimum absolute atomic E-state index is 0.0643. The summed E-state index contributed by atoms with van der Waals surface area (Å²) in [6, 6.07) is 18.0. The van der Waals surface area contributed by atoms with Gasteiger partial charge in [0.1, 0.15) is 6.04 Å². The molecule has 2 aromatic rings. The number of urea groups is 1. The fourth-order valence-electron chi connectivity index (χ4n) is 2.81. The van der Waals surface area contributed by atoms with E-state index in [4.69, 9.17) is 0 Å². The van der Waals surface area contributed by atoms with Crippen LogP contribution in [0, 0.1) is 0 Å². The van der Waals surface area contributed by atoms with Crippen LogP contribution in [-0.2, 0) is 4.79 Å². The van der Waals surface area contributed by atoms with E-state index in [-0.39, 0.29) is 11.8 Å². The summed E-state index contributed by atoms with van der Waals surface area (Å²) >= 11 is 0. The van der Waals surface area contributed by atoms with E-state index in [0.29, 0.717) is 13.1 Å². The number of Topliss-reactive ketones (excluding diaryl/α,β-unsaturated/α-hetero) is 1. The summed E-state index contributed by atoms with van der Waals surface area (Å²) in [5.41, 5.74) is 1.54. The molecule has 0 spiro atoms. The maximum Gasteiger partial charge on any atom is 0.325 e. The smallest absolute Gasteiger partial charge is 0.325 e. The molecule has 2 aromatic carbocycles. The highest BCUT2D eigenvalue weighted by Crippen LogP contribution is 2.29. The number of hydrogen-bond donors (Lipinski definition) is 0. The molecule has 0 saturated heterocycles. The van der Waals surface area contributed by atoms with E-state index in [9.17, 15) is 9.59 Å². The van der Waals surface area contributed by atoms with Crippen LogP contribution in [-0.4, -0.2) is 29.8 Å². The number of anilines is 1. The Morgan fingerprint density at radius 1 is 0.875 bits per heavy atom. The third-order valence-electron chi connectivity index (χ3n) is 4.03. The third-order valence-corrected chi connectivity index (χ3v) is 4.03. The molecule has 0 aromatic heterocycles. The van der Waals surface area contributed by atoms with Gasteiger partial charge >= 0.3 is 6.03 Å². The fraction of sp³-hybridized carbons (Fsp3) is 0.300. The Morgan fingerprint density at radius 3 is 1.83 bits per heavy atom. The van der Waals surface area contributed by atoms with Gasteiger partial charge in [-0.15, -0.1) is 0 Å². The second kappa shape index (κ2) is 8.29. The van der Waals surface area contributed by atoms with Gasteiger partial charge in [0, 0.05) is 18.8 Å². The average Bonchev–Trinajstić information content (AvgIpc) is 2.61. The summed E-state index contributed by atoms with van der Waals surface area (Å²) in [7, 11) is 0. The molecule has 4 heteroatoms. The third kappa shape index (κ3) is 3.82. The second-order valence-corrected chi connectivity index (χ2v) is 5.58. The summed E-state index contributed by atoms with van der Waals surface area (Å²) in [5.74, 6) is -0.0643. The summed E-state index contributed by atoms with van der Waals surface area (Å²) in [5, 5.41) is 0. The summed E-state index contributed by atoms with van der Waals surface area (Å²) < 4.78 is 0. The molecular formula is C20H24N2O2. The largest absolute Gasteiger partial charge is 0.325 e. The maximum atomic E-state index is 13.1. The van der Waals surface area contributed by atoms with E-state index in [1.54, 1.807) is 9.80 Å². The summed E-state index contributed by atoms with van der Waals surface area (Å²) in [6.07, 6.45) is 0. The van der Waals surface area contributed by atoms with Crippen molar-refractivity contribution < 1.29 is 9.59 Å². The first-order valence-corrected chi connectivity index (χ1v) is 8.28. The van der Waals surface area contributed by atoms with Crippen molar-refractivity contribution in [1.29, 1.82) is 0 Å². The van der Waals surface area contributed by atoms with Crippen LogP contribution in [0.3, 0.4) is 0 Å². The number of hydrogen-bond acceptors (Lipinski definition) is 2. The van der Waals surface area contributed by atoms with Crippen molar-refractivity contribution in [2.24, 2.45) is 0 Å². The van der Waals surface area contributed by atoms with E-state index >= 15 is 0 Å². The lowest BCUT2D eigenvalue weighted by atomic mass is 10.0. The Kier molecular flexibility index (Phi) is 6.13. The molecule has 0 aliphatic carbocycles. The van der Waals surface area contributed by atoms with Gasteiger partial charge in [0.25, 0.3) is 0 Å². The van der Waals surface area contributed by atoms with Crippen LogP contribution >= 0.6 is 0 Å². The predicted octanol–water partition coefficient (Wildman–Crippen LogP) is 4.29. The zero-order valence-electron chi connectivity index (χ0n) is 14.5. The molecular weight excluding hydrogens is 300 g/mol. The Hall–Kier alpha value is -2.62. The molecule has 126 valence electrons. The highest BCUT2D eigenvalue weighted by atomic mass is 16.2. The van der Waals surface area contributed by atoms with Gasteiger partial charge in [0.05, 0.1) is 0 Å². The lowest BCUT2D eigenvalue weighted by Gasteiger charge is -2.34. The van der Waals surface area contributed by atoms with Crippen molar-refractivity contribution in [3.8, 4) is 0 Å². The monoisotopic (exact) mass is 324 g/mol. The van der Waals surface area contributed by atoms with Crippen LogP contribution in [0.1, 0.15) is 32.4 Å². The maximum absolute atomic E-state index is 13.1. The Morgan fingerprint density at radius 2 is 1.38 bits per heavy atom. The van der Waals surface area contributed by atoms with Crippen LogP contribution in [0.25, 0.3) is 0 Å². The molecule has 0 aliphatic rings. The summed E-state index contributed by atoms with van der Waals surface area (Å²) in [6.45, 7) is 6.60. The van der Waals surface area contributed by atoms with Crippen molar-refractivity contribution >= 4 is 17.5 Å². The van der Waals surface area contributed by atoms with Gasteiger partial charge in [-0.25, -0.2) is 4.79 Å². The number of amides is 2. The van der Waals surface area contributed by atoms with Crippen molar-refractivity contribution in [2.45, 2.75) is 26.8 Å². The molecule has 4 nitrogen and oxygen atoms in total. The standard InChI is InChI=1S/C20H24N2O2/c1-4-21(5-2)20(24)22(18-14-10-7-11-15-18)19(16(3)23)17-12-8-6-9-13-17/h6-15,19H,4-5H2,1-3H3. The van der Waals surface area contributed by atoms with Gasteiger partial charge in [0.15, 0.2) is 5.78 Å². The van der Waals surface area contributed by atoms with Gasteiger partial charge in [0.2, 0.25) is 0 Å². The zero-order valence-corrected chi connectivity index (χ0v) is 14.5. The van der Waals surface area contributed by atoms with Crippen molar-refractivity contribution in [1.82, 2.24) is 4.90 Å². The Bertz CT molecular complexity index is 667. The SMILES string of the molecule is CCN(CC)C(=O)N(c1ccccc1)C(C(C)=O)c1ccccc1. The molecule has 2 rings (SSSR count). The van der Waals surface area contributed by atoms with E-state index in [1.165, 1.54) is 6.92 Å². The number of para-hydroxylation sites is 1. The molecule has 0 N–H and O–H groups in total. The van der Waals surface area contributed by atoms with E-state index in [2.05, 4.69) is 0 Å². The number of rotatable bonds is 6. The Labute approximate surface area is 143 Å². The number of nitrogens with zero attached hydrogens (tertiary/aromatic N) is 2. The van der Waals surface area contributed by atoms with Crippen molar-refractivity contribution in [2.75, 3.05) is 18.0 Å². The molecule has 0 radical (unpaired) electrons. The van der Waals surface area contributed by atoms with Gasteiger partial charge in [-0.3, -0.25) is 9.69 Å². The molecule has 0 aliphatic heterocycles. The zero-order chi connectivity index (χ0) is 17.5. The minimum atomic E-state index is -0.637. The molecule has 0 fully saturated rings. The van der Waals surface area contributed by atoms with Gasteiger partial charge in [-0.1, -0.05) is 48.5 Å². The van der Waals surface area contributed by atoms with E-state index in [1.807, 2.05) is 74.5 Å². The number of carbonyl (C=O) groups is 2. The fourth-order valence-corrected chi connectivity index (χ4v) is 2.81. The first kappa shape index (κ1) is 17.7. The van der Waals surface area contributed by atoms with Crippen LogP contribution in [0.2, 0.25) is 0 Å². The molecule has 24 heavy (non-hydrogen) atoms. The average molecular weight is 324 g/mol. The lowest BCUT2D eigenvalue weighted by Crippen LogP contribution is -2.47. The molecule has 0 saturated carbocycles. The van der Waals surface area contributed by atoms with E-state index in [0.717, 1.165) is 11.3 Å². The minimum Gasteiger partial charge on any atom is -0.325 e. The van der Waals surface area contributed by atoms with Gasteiger partial charge < -0.3 is 4.90 Å². The highest BCUT2D eigenvalue weighted by molar-refractivity contribution is 6.00. The van der Waals surface area contributed by atoms with Crippen LogP contribution in [0.15, 0.2) is 60.7 Å². The van der Waals surface area contributed by atoms with Gasteiger partial charge in [-0.2, -0.15) is 0 Å². The number of benzene rings is 2. The normalized spacial score (nSPS) is 11.6. The number of carbonyl (C=O) groups excluding carboxylic acids is 2. The first-order chi connectivity index (χ1) is 11.6. The molecule has 1 unspecified atom stereocenters. The van der Waals surface area contributed by atoms with Crippen molar-refractivity contribution in [3.05, 3.63) is 66.2 Å². The second-order valence-electron chi connectivity index (χ2n) is 5.58. The molecule has 1 atom stereocenters. The molecule has 0 heterocycles. The van der Waals surface area contributed by atoms with Crippen molar-refractivity contribution in [3.63, 3.8) is 0 Å². The van der Waals surface area contributed by atoms with Crippen LogP contribution in [0.4, 0.5) is 10.5 Å². The van der Waals surface area contributed by atoms with Crippen LogP contribution in [0.5, 0.6) is 0 Å². The van der Waals surface area contributed by atoms with Gasteiger partial charge in [-0.05, 0) is 38.5 Å². The summed E-state index contributed by atoms with van der Waals surface area (Å²) in [4.78, 5) is 28.9. The van der Waals surface area contributed by atoms with Crippen LogP contribution < -0.4 is 4.90 Å².